The summed E-state index contributed by atoms with van der Waals surface area (Å²) in [7, 11) is 0. The van der Waals surface area contributed by atoms with E-state index in [1.54, 1.807) is 0 Å². The van der Waals surface area contributed by atoms with E-state index in [-0.39, 0.29) is 11.8 Å². The number of thioether (sulfide) groups is 1. The first-order valence-corrected chi connectivity index (χ1v) is 7.15. The molecule has 0 saturated carbocycles. The fourth-order valence-electron chi connectivity index (χ4n) is 1.80. The van der Waals surface area contributed by atoms with Crippen molar-refractivity contribution in [2.45, 2.75) is 31.7 Å². The maximum Gasteiger partial charge on any atom is 0.416 e. The third-order valence-electron chi connectivity index (χ3n) is 2.81. The number of nitrogens with one attached hydrogen (secondary N) is 1. The van der Waals surface area contributed by atoms with E-state index < -0.39 is 29.0 Å². The van der Waals surface area contributed by atoms with Crippen LogP contribution in [0.5, 0.6) is 0 Å². The van der Waals surface area contributed by atoms with Gasteiger partial charge in [0, 0.05) is 11.4 Å². The minimum atomic E-state index is -4.86. The van der Waals surface area contributed by atoms with E-state index in [1.165, 1.54) is 11.8 Å². The van der Waals surface area contributed by atoms with Gasteiger partial charge in [-0.05, 0) is 32.0 Å². The Kier molecular flexibility index (Phi) is 4.14. The van der Waals surface area contributed by atoms with Gasteiger partial charge in [-0.15, -0.1) is 0 Å². The minimum absolute atomic E-state index is 0.0960. The summed E-state index contributed by atoms with van der Waals surface area (Å²) < 4.78 is 76.5. The van der Waals surface area contributed by atoms with Crippen molar-refractivity contribution in [1.82, 2.24) is 0 Å². The van der Waals surface area contributed by atoms with Gasteiger partial charge >= 0.3 is 12.4 Å². The number of aliphatic imine (C=N–C) groups is 1. The smallest absolute Gasteiger partial charge is 0.335 e. The molecule has 0 aromatic heterocycles. The second-order valence-corrected chi connectivity index (χ2v) is 6.40. The molecule has 0 aliphatic carbocycles. The molecule has 1 heterocycles. The molecule has 2 nitrogen and oxygen atoms in total. The zero-order valence-corrected chi connectivity index (χ0v) is 12.4. The molecule has 2 rings (SSSR count). The lowest BCUT2D eigenvalue weighted by atomic mass is 10.1. The van der Waals surface area contributed by atoms with Crippen LogP contribution in [0.3, 0.4) is 0 Å². The van der Waals surface area contributed by atoms with E-state index in [1.807, 2.05) is 13.8 Å². The number of benzene rings is 1. The SMILES string of the molecule is CC1(C)CSC(Nc2cc(C(F)(F)F)cc(C(F)(F)F)c2)=N1. The molecule has 122 valence electrons. The molecule has 0 unspecified atom stereocenters. The van der Waals surface area contributed by atoms with E-state index in [0.717, 1.165) is 0 Å². The highest BCUT2D eigenvalue weighted by atomic mass is 32.2. The Morgan fingerprint density at radius 1 is 1.00 bits per heavy atom. The van der Waals surface area contributed by atoms with Crippen LogP contribution in [0, 0.1) is 0 Å². The standard InChI is InChI=1S/C13H12F6N2S/c1-11(2)6-22-10(21-11)20-9-4-7(12(14,15)16)3-8(5-9)13(17,18)19/h3-5H,6H2,1-2H3,(H,20,21). The maximum atomic E-state index is 12.7. The highest BCUT2D eigenvalue weighted by Gasteiger charge is 2.37. The summed E-state index contributed by atoms with van der Waals surface area (Å²) in [5, 5.41) is 2.84. The lowest BCUT2D eigenvalue weighted by Gasteiger charge is -2.15. The molecule has 0 atom stereocenters. The zero-order chi connectivity index (χ0) is 16.8. The summed E-state index contributed by atoms with van der Waals surface area (Å²) in [6.45, 7) is 3.64. The molecule has 1 aliphatic heterocycles. The zero-order valence-electron chi connectivity index (χ0n) is 11.6. The van der Waals surface area contributed by atoms with Crippen LogP contribution < -0.4 is 5.32 Å². The van der Waals surface area contributed by atoms with E-state index in [0.29, 0.717) is 23.1 Å². The van der Waals surface area contributed by atoms with Gasteiger partial charge in [0.1, 0.15) is 0 Å². The van der Waals surface area contributed by atoms with Crippen molar-refractivity contribution in [2.75, 3.05) is 11.1 Å². The van der Waals surface area contributed by atoms with E-state index in [4.69, 9.17) is 0 Å². The van der Waals surface area contributed by atoms with E-state index >= 15 is 0 Å². The van der Waals surface area contributed by atoms with Gasteiger partial charge < -0.3 is 5.32 Å². The quantitative estimate of drug-likeness (QED) is 0.725. The molecule has 0 bridgehead atoms. The Bertz CT molecular complexity index is 571. The van der Waals surface area contributed by atoms with Crippen LogP contribution in [0.1, 0.15) is 25.0 Å². The van der Waals surface area contributed by atoms with Gasteiger partial charge in [-0.3, -0.25) is 4.99 Å². The third kappa shape index (κ3) is 4.08. The molecule has 0 amide bonds. The highest BCUT2D eigenvalue weighted by molar-refractivity contribution is 8.14. The average Bonchev–Trinajstić information content (AvgIpc) is 2.66. The Labute approximate surface area is 127 Å². The minimum Gasteiger partial charge on any atom is -0.335 e. The predicted molar refractivity (Wildman–Crippen MR) is 74.0 cm³/mol. The first-order valence-electron chi connectivity index (χ1n) is 6.16. The first-order chi connectivity index (χ1) is 9.87. The molecular formula is C13H12F6N2S. The number of hydrogen-bond donors (Lipinski definition) is 1. The van der Waals surface area contributed by atoms with Crippen LogP contribution >= 0.6 is 11.8 Å². The summed E-state index contributed by atoms with van der Waals surface area (Å²) in [5.74, 6) is 0.598. The Balaban J connectivity index is 2.39. The predicted octanol–water partition coefficient (Wildman–Crippen LogP) is 5.02. The number of anilines is 1. The van der Waals surface area contributed by atoms with Crippen LogP contribution in [0.15, 0.2) is 23.2 Å². The molecule has 1 aromatic rings. The number of halogens is 6. The number of rotatable bonds is 1. The summed E-state index contributed by atoms with van der Waals surface area (Å²) in [6.07, 6.45) is -9.72. The Morgan fingerprint density at radius 3 is 1.86 bits per heavy atom. The molecule has 9 heteroatoms. The Hall–Kier alpha value is -1.38. The van der Waals surface area contributed by atoms with Gasteiger partial charge in [-0.25, -0.2) is 0 Å². The van der Waals surface area contributed by atoms with Crippen LogP contribution in [0.25, 0.3) is 0 Å². The Morgan fingerprint density at radius 2 is 1.50 bits per heavy atom. The summed E-state index contributed by atoms with van der Waals surface area (Å²) in [6, 6.07) is 1.38. The molecular weight excluding hydrogens is 330 g/mol. The molecule has 1 aliphatic rings. The maximum absolute atomic E-state index is 12.7. The van der Waals surface area contributed by atoms with E-state index in [2.05, 4.69) is 10.3 Å². The molecule has 1 aromatic carbocycles. The average molecular weight is 342 g/mol. The first kappa shape index (κ1) is 17.0. The molecule has 0 spiro atoms. The molecule has 0 fully saturated rings. The lowest BCUT2D eigenvalue weighted by molar-refractivity contribution is -0.143. The van der Waals surface area contributed by atoms with Crippen molar-refractivity contribution in [3.8, 4) is 0 Å². The van der Waals surface area contributed by atoms with Gasteiger partial charge in [0.15, 0.2) is 5.17 Å². The number of nitrogens with zero attached hydrogens (tertiary/aromatic N) is 1. The summed E-state index contributed by atoms with van der Waals surface area (Å²) >= 11 is 1.25. The van der Waals surface area contributed by atoms with Crippen molar-refractivity contribution in [2.24, 2.45) is 4.99 Å². The number of alkyl halides is 6. The molecule has 0 radical (unpaired) electrons. The van der Waals surface area contributed by atoms with Crippen molar-refractivity contribution in [3.63, 3.8) is 0 Å². The van der Waals surface area contributed by atoms with Gasteiger partial charge in [0.2, 0.25) is 0 Å². The van der Waals surface area contributed by atoms with Crippen molar-refractivity contribution < 1.29 is 26.3 Å². The second-order valence-electron chi connectivity index (χ2n) is 5.44. The summed E-state index contributed by atoms with van der Waals surface area (Å²) in [4.78, 5) is 4.21. The van der Waals surface area contributed by atoms with Crippen LogP contribution in [0.4, 0.5) is 32.0 Å². The molecule has 0 saturated heterocycles. The van der Waals surface area contributed by atoms with Gasteiger partial charge in [-0.2, -0.15) is 26.3 Å². The van der Waals surface area contributed by atoms with Crippen molar-refractivity contribution in [1.29, 1.82) is 0 Å². The molecule has 22 heavy (non-hydrogen) atoms. The normalized spacial score (nSPS) is 18.3. The van der Waals surface area contributed by atoms with Crippen LogP contribution in [-0.4, -0.2) is 16.5 Å². The third-order valence-corrected chi connectivity index (χ3v) is 4.12. The monoisotopic (exact) mass is 342 g/mol. The number of amidine groups is 1. The second kappa shape index (κ2) is 5.36. The van der Waals surface area contributed by atoms with Gasteiger partial charge in [0.05, 0.1) is 16.7 Å². The lowest BCUT2D eigenvalue weighted by Crippen LogP contribution is -2.16. The highest BCUT2D eigenvalue weighted by Crippen LogP contribution is 2.38. The van der Waals surface area contributed by atoms with Crippen molar-refractivity contribution >= 4 is 22.6 Å². The van der Waals surface area contributed by atoms with Crippen molar-refractivity contribution in [3.05, 3.63) is 29.3 Å². The topological polar surface area (TPSA) is 24.4 Å². The fraction of sp³-hybridized carbons (Fsp3) is 0.462. The largest absolute Gasteiger partial charge is 0.416 e. The fourth-order valence-corrected chi connectivity index (χ4v) is 2.86. The van der Waals surface area contributed by atoms with Crippen LogP contribution in [0.2, 0.25) is 0 Å². The van der Waals surface area contributed by atoms with Gasteiger partial charge in [0.25, 0.3) is 0 Å². The summed E-state index contributed by atoms with van der Waals surface area (Å²) in [5.41, 5.74) is -3.40. The van der Waals surface area contributed by atoms with Gasteiger partial charge in [-0.1, -0.05) is 11.8 Å². The number of hydrogen-bond acceptors (Lipinski definition) is 3. The van der Waals surface area contributed by atoms with Crippen LogP contribution in [-0.2, 0) is 12.4 Å². The molecule has 1 N–H and O–H groups in total. The van der Waals surface area contributed by atoms with E-state index in [9.17, 15) is 26.3 Å².